The first-order chi connectivity index (χ1) is 19.3. The molecule has 1 fully saturated rings. The van der Waals surface area contributed by atoms with Gasteiger partial charge in [0.2, 0.25) is 0 Å². The molecule has 0 aromatic carbocycles. The Bertz CT molecular complexity index is 683. The number of carbonyl (C=O) groups excluding carboxylic acids is 2. The van der Waals surface area contributed by atoms with Crippen molar-refractivity contribution in [3.63, 3.8) is 0 Å². The summed E-state index contributed by atoms with van der Waals surface area (Å²) in [5.41, 5.74) is 0. The van der Waals surface area contributed by atoms with E-state index >= 15 is 0 Å². The molecule has 0 amide bonds. The summed E-state index contributed by atoms with van der Waals surface area (Å²) in [6, 6.07) is 0. The molecule has 0 aliphatic carbocycles. The Hall–Kier alpha value is -1.56. The van der Waals surface area contributed by atoms with Gasteiger partial charge in [0, 0.05) is 13.3 Å². The molecule has 1 heterocycles. The summed E-state index contributed by atoms with van der Waals surface area (Å²) in [4.78, 5) is 23.6. The first-order valence-corrected chi connectivity index (χ1v) is 15.2. The van der Waals surface area contributed by atoms with Gasteiger partial charge in [0.15, 0.2) is 12.4 Å². The molecule has 6 unspecified atom stereocenters. The SMILES string of the molecule is CCCCCCCCC/C=C\CCCCCCCC(=O)OC(COC(C)=O)COC1OC(CO)C(O)C(O)C1O. The summed E-state index contributed by atoms with van der Waals surface area (Å²) in [5, 5.41) is 39.2. The van der Waals surface area contributed by atoms with Crippen molar-refractivity contribution < 1.29 is 49.0 Å². The molecule has 0 radical (unpaired) electrons. The van der Waals surface area contributed by atoms with Crippen LogP contribution in [0.5, 0.6) is 0 Å². The first kappa shape index (κ1) is 36.5. The van der Waals surface area contributed by atoms with E-state index in [1.54, 1.807) is 0 Å². The van der Waals surface area contributed by atoms with E-state index in [4.69, 9.17) is 18.9 Å². The van der Waals surface area contributed by atoms with Crippen molar-refractivity contribution in [3.05, 3.63) is 12.2 Å². The molecule has 0 aromatic rings. The number of hydrogen-bond donors (Lipinski definition) is 4. The van der Waals surface area contributed by atoms with E-state index in [0.29, 0.717) is 6.42 Å². The van der Waals surface area contributed by atoms with Crippen LogP contribution in [-0.4, -0.2) is 89.0 Å². The lowest BCUT2D eigenvalue weighted by atomic mass is 9.99. The average Bonchev–Trinajstić information content (AvgIpc) is 2.93. The van der Waals surface area contributed by atoms with Gasteiger partial charge in [-0.1, -0.05) is 76.9 Å². The number of hydrogen-bond acceptors (Lipinski definition) is 10. The number of allylic oxidation sites excluding steroid dienone is 2. The highest BCUT2D eigenvalue weighted by atomic mass is 16.7. The second kappa shape index (κ2) is 23.1. The van der Waals surface area contributed by atoms with Gasteiger partial charge in [-0.15, -0.1) is 0 Å². The molecule has 1 aliphatic heterocycles. The molecule has 6 atom stereocenters. The van der Waals surface area contributed by atoms with Crippen molar-refractivity contribution in [2.24, 2.45) is 0 Å². The zero-order valence-corrected chi connectivity index (χ0v) is 24.6. The molecular formula is C30H54O10. The van der Waals surface area contributed by atoms with E-state index in [9.17, 15) is 30.0 Å². The maximum absolute atomic E-state index is 12.3. The number of carbonyl (C=O) groups is 2. The maximum Gasteiger partial charge on any atom is 0.306 e. The van der Waals surface area contributed by atoms with E-state index < -0.39 is 55.4 Å². The van der Waals surface area contributed by atoms with Gasteiger partial charge in [0.1, 0.15) is 31.0 Å². The van der Waals surface area contributed by atoms with Gasteiger partial charge < -0.3 is 39.4 Å². The minimum atomic E-state index is -1.59. The second-order valence-electron chi connectivity index (χ2n) is 10.6. The normalized spacial score (nSPS) is 23.8. The number of aliphatic hydroxyl groups is 4. The fraction of sp³-hybridized carbons (Fsp3) is 0.867. The van der Waals surface area contributed by atoms with Gasteiger partial charge in [-0.25, -0.2) is 0 Å². The molecule has 1 aliphatic rings. The summed E-state index contributed by atoms with van der Waals surface area (Å²) < 4.78 is 21.1. The van der Waals surface area contributed by atoms with Gasteiger partial charge in [-0.05, 0) is 32.1 Å². The molecule has 10 nitrogen and oxygen atoms in total. The van der Waals surface area contributed by atoms with Crippen molar-refractivity contribution in [3.8, 4) is 0 Å². The smallest absolute Gasteiger partial charge is 0.306 e. The van der Waals surface area contributed by atoms with E-state index in [0.717, 1.165) is 32.1 Å². The first-order valence-electron chi connectivity index (χ1n) is 15.2. The van der Waals surface area contributed by atoms with Crippen LogP contribution < -0.4 is 0 Å². The van der Waals surface area contributed by atoms with Crippen molar-refractivity contribution in [2.75, 3.05) is 19.8 Å². The van der Waals surface area contributed by atoms with Crippen molar-refractivity contribution in [1.82, 2.24) is 0 Å². The standard InChI is InChI=1S/C30H54O10/c1-3-4-5-6-7-8-9-10-11-12-13-14-15-16-17-18-19-26(33)39-24(21-37-23(2)32)22-38-30-29(36)28(35)27(34)25(20-31)40-30/h11-12,24-25,27-31,34-36H,3-10,13-22H2,1-2H3/b12-11-. The minimum absolute atomic E-state index is 0.217. The highest BCUT2D eigenvalue weighted by molar-refractivity contribution is 5.69. The molecule has 40 heavy (non-hydrogen) atoms. The van der Waals surface area contributed by atoms with E-state index in [-0.39, 0.29) is 19.6 Å². The predicted octanol–water partition coefficient (Wildman–Crippen LogP) is 3.71. The van der Waals surface area contributed by atoms with Crippen LogP contribution in [0.25, 0.3) is 0 Å². The Morgan fingerprint density at radius 2 is 1.38 bits per heavy atom. The van der Waals surface area contributed by atoms with Crippen LogP contribution in [-0.2, 0) is 28.5 Å². The third-order valence-corrected chi connectivity index (χ3v) is 6.96. The Labute approximate surface area is 240 Å². The number of rotatable bonds is 23. The van der Waals surface area contributed by atoms with Crippen molar-refractivity contribution in [2.45, 2.75) is 147 Å². The van der Waals surface area contributed by atoms with Gasteiger partial charge in [-0.2, -0.15) is 0 Å². The Balaban J connectivity index is 2.20. The lowest BCUT2D eigenvalue weighted by Crippen LogP contribution is -2.59. The van der Waals surface area contributed by atoms with Crippen LogP contribution in [0, 0.1) is 0 Å². The molecule has 0 aromatic heterocycles. The quantitative estimate of drug-likeness (QED) is 0.0807. The molecule has 0 saturated carbocycles. The van der Waals surface area contributed by atoms with Crippen LogP contribution in [0.2, 0.25) is 0 Å². The molecular weight excluding hydrogens is 520 g/mol. The third kappa shape index (κ3) is 16.6. The Kier molecular flexibility index (Phi) is 21.0. The molecule has 1 saturated heterocycles. The summed E-state index contributed by atoms with van der Waals surface area (Å²) in [5.74, 6) is -1.01. The second-order valence-corrected chi connectivity index (χ2v) is 10.6. The zero-order valence-electron chi connectivity index (χ0n) is 24.6. The van der Waals surface area contributed by atoms with Gasteiger partial charge in [-0.3, -0.25) is 9.59 Å². The largest absolute Gasteiger partial charge is 0.462 e. The molecule has 4 N–H and O–H groups in total. The van der Waals surface area contributed by atoms with Crippen LogP contribution in [0.15, 0.2) is 12.2 Å². The predicted molar refractivity (Wildman–Crippen MR) is 150 cm³/mol. The number of aliphatic hydroxyl groups excluding tert-OH is 4. The fourth-order valence-corrected chi connectivity index (χ4v) is 4.50. The van der Waals surface area contributed by atoms with Crippen LogP contribution >= 0.6 is 0 Å². The molecule has 1 rings (SSSR count). The van der Waals surface area contributed by atoms with Crippen molar-refractivity contribution in [1.29, 1.82) is 0 Å². The fourth-order valence-electron chi connectivity index (χ4n) is 4.50. The number of ether oxygens (including phenoxy) is 4. The zero-order chi connectivity index (χ0) is 29.6. The monoisotopic (exact) mass is 574 g/mol. The Morgan fingerprint density at radius 1 is 0.800 bits per heavy atom. The van der Waals surface area contributed by atoms with E-state index in [1.165, 1.54) is 58.3 Å². The molecule has 0 spiro atoms. The van der Waals surface area contributed by atoms with E-state index in [2.05, 4.69) is 19.1 Å². The maximum atomic E-state index is 12.3. The summed E-state index contributed by atoms with van der Waals surface area (Å²) in [6.45, 7) is 2.35. The highest BCUT2D eigenvalue weighted by Gasteiger charge is 2.44. The third-order valence-electron chi connectivity index (χ3n) is 6.96. The topological polar surface area (TPSA) is 152 Å². The van der Waals surface area contributed by atoms with Crippen LogP contribution in [0.4, 0.5) is 0 Å². The molecule has 234 valence electrons. The summed E-state index contributed by atoms with van der Waals surface area (Å²) in [7, 11) is 0. The summed E-state index contributed by atoms with van der Waals surface area (Å²) >= 11 is 0. The van der Waals surface area contributed by atoms with Crippen LogP contribution in [0.1, 0.15) is 110 Å². The highest BCUT2D eigenvalue weighted by Crippen LogP contribution is 2.22. The van der Waals surface area contributed by atoms with Crippen LogP contribution in [0.3, 0.4) is 0 Å². The van der Waals surface area contributed by atoms with Gasteiger partial charge in [0.05, 0.1) is 13.2 Å². The summed E-state index contributed by atoms with van der Waals surface area (Å²) in [6.07, 6.45) is 13.2. The molecule has 10 heteroatoms. The van der Waals surface area contributed by atoms with Crippen molar-refractivity contribution >= 4 is 11.9 Å². The minimum Gasteiger partial charge on any atom is -0.462 e. The molecule has 0 bridgehead atoms. The lowest BCUT2D eigenvalue weighted by Gasteiger charge is -2.39. The van der Waals surface area contributed by atoms with E-state index in [1.807, 2.05) is 0 Å². The average molecular weight is 575 g/mol. The lowest BCUT2D eigenvalue weighted by molar-refractivity contribution is -0.305. The number of unbranched alkanes of at least 4 members (excludes halogenated alkanes) is 12. The van der Waals surface area contributed by atoms with Gasteiger partial charge in [0.25, 0.3) is 0 Å². The van der Waals surface area contributed by atoms with Gasteiger partial charge >= 0.3 is 11.9 Å². The Morgan fingerprint density at radius 3 is 1.95 bits per heavy atom. The number of esters is 2.